The van der Waals surface area contributed by atoms with Crippen LogP contribution in [0.4, 0.5) is 0 Å². The predicted molar refractivity (Wildman–Crippen MR) is 48.1 cm³/mol. The maximum Gasteiger partial charge on any atom is 0.319 e. The van der Waals surface area contributed by atoms with E-state index in [1.807, 2.05) is 6.92 Å². The molecule has 0 aliphatic heterocycles. The van der Waals surface area contributed by atoms with Crippen LogP contribution in [-0.2, 0) is 13.6 Å². The van der Waals surface area contributed by atoms with Gasteiger partial charge in [0.15, 0.2) is 0 Å². The lowest BCUT2D eigenvalue weighted by atomic mass is 10.8. The van der Waals surface area contributed by atoms with Gasteiger partial charge in [-0.3, -0.25) is 4.57 Å². The van der Waals surface area contributed by atoms with E-state index >= 15 is 0 Å². The smallest absolute Gasteiger partial charge is 0.311 e. The minimum atomic E-state index is -2.14. The van der Waals surface area contributed by atoms with E-state index in [2.05, 4.69) is 15.6 Å². The van der Waals surface area contributed by atoms with Crippen molar-refractivity contribution in [2.45, 2.75) is 20.8 Å². The summed E-state index contributed by atoms with van der Waals surface area (Å²) >= 11 is 0. The van der Waals surface area contributed by atoms with Gasteiger partial charge in [0, 0.05) is 0 Å². The lowest BCUT2D eigenvalue weighted by molar-refractivity contribution is 0.243. The molecule has 0 aromatic heterocycles. The fourth-order valence-corrected chi connectivity index (χ4v) is 0.832. The van der Waals surface area contributed by atoms with Gasteiger partial charge in [0.05, 0.1) is 13.2 Å². The number of hydrogen-bond donors (Lipinski definition) is 0. The quantitative estimate of drug-likeness (QED) is 0.492. The standard InChI is InChI=1S/C4H11O3P.C3H6/c1-3-6-8(5)7-4-2;1-3-2/h8H,3-4H2,1-2H3;3H,1H2,2H3. The molecule has 0 aromatic carbocycles. The van der Waals surface area contributed by atoms with E-state index in [1.165, 1.54) is 0 Å². The summed E-state index contributed by atoms with van der Waals surface area (Å²) in [6.07, 6.45) is 1.75. The molecule has 0 spiro atoms. The predicted octanol–water partition coefficient (Wildman–Crippen LogP) is 2.64. The summed E-state index contributed by atoms with van der Waals surface area (Å²) in [5.41, 5.74) is 0. The molecule has 0 atom stereocenters. The first-order valence-corrected chi connectivity index (χ1v) is 4.81. The molecule has 68 valence electrons. The Labute approximate surface area is 69.4 Å². The van der Waals surface area contributed by atoms with Gasteiger partial charge in [-0.05, 0) is 20.8 Å². The molecule has 0 fully saturated rings. The van der Waals surface area contributed by atoms with Crippen LogP contribution in [0.15, 0.2) is 12.7 Å². The molecular weight excluding hydrogens is 163 g/mol. The molecule has 0 radical (unpaired) electrons. The van der Waals surface area contributed by atoms with E-state index in [0.717, 1.165) is 0 Å². The monoisotopic (exact) mass is 180 g/mol. The average molecular weight is 180 g/mol. The topological polar surface area (TPSA) is 35.5 Å². The third kappa shape index (κ3) is 17.7. The highest BCUT2D eigenvalue weighted by atomic mass is 31.1. The summed E-state index contributed by atoms with van der Waals surface area (Å²) in [7, 11) is -2.14. The second kappa shape index (κ2) is 12.6. The van der Waals surface area contributed by atoms with Crippen LogP contribution in [0.1, 0.15) is 20.8 Å². The summed E-state index contributed by atoms with van der Waals surface area (Å²) in [5, 5.41) is 0. The fourth-order valence-electron chi connectivity index (χ4n) is 0.277. The van der Waals surface area contributed by atoms with Crippen LogP contribution in [0.2, 0.25) is 0 Å². The lowest BCUT2D eigenvalue weighted by Gasteiger charge is -1.97. The Morgan fingerprint density at radius 1 is 1.36 bits per heavy atom. The SMILES string of the molecule is C=CC.CCO[PH](=O)OCC. The summed E-state index contributed by atoms with van der Waals surface area (Å²) in [6.45, 7) is 9.72. The van der Waals surface area contributed by atoms with Gasteiger partial charge in [-0.15, -0.1) is 6.58 Å². The van der Waals surface area contributed by atoms with E-state index in [-0.39, 0.29) is 0 Å². The van der Waals surface area contributed by atoms with Crippen molar-refractivity contribution in [2.75, 3.05) is 13.2 Å². The Hall–Kier alpha value is -0.110. The van der Waals surface area contributed by atoms with Crippen LogP contribution in [-0.4, -0.2) is 13.2 Å². The Balaban J connectivity index is 0. The molecule has 0 rings (SSSR count). The third-order valence-corrected chi connectivity index (χ3v) is 1.57. The van der Waals surface area contributed by atoms with Crippen LogP contribution < -0.4 is 0 Å². The zero-order valence-corrected chi connectivity index (χ0v) is 8.42. The molecule has 3 nitrogen and oxygen atoms in total. The molecule has 4 heteroatoms. The minimum Gasteiger partial charge on any atom is -0.311 e. The van der Waals surface area contributed by atoms with Crippen molar-refractivity contribution in [3.05, 3.63) is 12.7 Å². The number of hydrogen-bond acceptors (Lipinski definition) is 3. The first kappa shape index (κ1) is 13.5. The van der Waals surface area contributed by atoms with Gasteiger partial charge in [0.25, 0.3) is 0 Å². The Morgan fingerprint density at radius 2 is 1.64 bits per heavy atom. The van der Waals surface area contributed by atoms with Crippen LogP contribution in [0.3, 0.4) is 0 Å². The van der Waals surface area contributed by atoms with E-state index in [4.69, 9.17) is 0 Å². The van der Waals surface area contributed by atoms with Gasteiger partial charge in [0.1, 0.15) is 0 Å². The van der Waals surface area contributed by atoms with E-state index in [1.54, 1.807) is 19.9 Å². The molecule has 0 N–H and O–H groups in total. The van der Waals surface area contributed by atoms with Gasteiger partial charge in [-0.2, -0.15) is 0 Å². The molecule has 0 aliphatic rings. The van der Waals surface area contributed by atoms with Gasteiger partial charge in [-0.25, -0.2) is 0 Å². The van der Waals surface area contributed by atoms with Crippen molar-refractivity contribution in [1.29, 1.82) is 0 Å². The number of rotatable bonds is 4. The first-order valence-electron chi connectivity index (χ1n) is 3.59. The zero-order chi connectivity index (χ0) is 9.11. The van der Waals surface area contributed by atoms with E-state index in [0.29, 0.717) is 13.2 Å². The van der Waals surface area contributed by atoms with Crippen molar-refractivity contribution in [1.82, 2.24) is 0 Å². The largest absolute Gasteiger partial charge is 0.319 e. The Kier molecular flexibility index (Phi) is 15.4. The summed E-state index contributed by atoms with van der Waals surface area (Å²) in [6, 6.07) is 0. The molecular formula is C7H17O3P. The van der Waals surface area contributed by atoms with E-state index < -0.39 is 8.25 Å². The second-order valence-electron chi connectivity index (χ2n) is 1.52. The van der Waals surface area contributed by atoms with Crippen molar-refractivity contribution in [2.24, 2.45) is 0 Å². The summed E-state index contributed by atoms with van der Waals surface area (Å²) in [5.74, 6) is 0. The van der Waals surface area contributed by atoms with Crippen molar-refractivity contribution >= 4 is 8.25 Å². The summed E-state index contributed by atoms with van der Waals surface area (Å²) < 4.78 is 19.6. The van der Waals surface area contributed by atoms with Gasteiger partial charge in [0.2, 0.25) is 0 Å². The maximum absolute atomic E-state index is 10.4. The maximum atomic E-state index is 10.4. The van der Waals surface area contributed by atoms with Crippen LogP contribution in [0, 0.1) is 0 Å². The Bertz CT molecular complexity index is 95.9. The molecule has 0 unspecified atom stereocenters. The van der Waals surface area contributed by atoms with Gasteiger partial charge < -0.3 is 9.05 Å². The fraction of sp³-hybridized carbons (Fsp3) is 0.714. The molecule has 0 saturated carbocycles. The minimum absolute atomic E-state index is 0.456. The lowest BCUT2D eigenvalue weighted by Crippen LogP contribution is -1.81. The first-order chi connectivity index (χ1) is 5.22. The van der Waals surface area contributed by atoms with Crippen molar-refractivity contribution < 1.29 is 13.6 Å². The van der Waals surface area contributed by atoms with Crippen LogP contribution in [0.25, 0.3) is 0 Å². The third-order valence-electron chi connectivity index (χ3n) is 0.524. The normalized spacial score (nSPS) is 8.73. The number of allylic oxidation sites excluding steroid dienone is 1. The Morgan fingerprint density at radius 3 is 1.82 bits per heavy atom. The highest BCUT2D eigenvalue weighted by molar-refractivity contribution is 7.33. The van der Waals surface area contributed by atoms with Crippen LogP contribution >= 0.6 is 8.25 Å². The molecule has 0 bridgehead atoms. The zero-order valence-electron chi connectivity index (χ0n) is 7.42. The molecule has 0 amide bonds. The van der Waals surface area contributed by atoms with E-state index in [9.17, 15) is 4.57 Å². The molecule has 0 aromatic rings. The molecule has 0 saturated heterocycles. The van der Waals surface area contributed by atoms with Gasteiger partial charge in [-0.1, -0.05) is 6.08 Å². The van der Waals surface area contributed by atoms with Crippen molar-refractivity contribution in [3.8, 4) is 0 Å². The molecule has 0 aliphatic carbocycles. The molecule has 11 heavy (non-hydrogen) atoms. The van der Waals surface area contributed by atoms with Crippen molar-refractivity contribution in [3.63, 3.8) is 0 Å². The average Bonchev–Trinajstić information content (AvgIpc) is 1.90. The highest BCUT2D eigenvalue weighted by Crippen LogP contribution is 2.21. The molecule has 0 heterocycles. The van der Waals surface area contributed by atoms with Crippen LogP contribution in [0.5, 0.6) is 0 Å². The summed E-state index contributed by atoms with van der Waals surface area (Å²) in [4.78, 5) is 0. The van der Waals surface area contributed by atoms with Gasteiger partial charge >= 0.3 is 8.25 Å². The highest BCUT2D eigenvalue weighted by Gasteiger charge is 1.91. The second-order valence-corrected chi connectivity index (χ2v) is 2.60.